The van der Waals surface area contributed by atoms with Crippen molar-refractivity contribution in [3.63, 3.8) is 0 Å². The van der Waals surface area contributed by atoms with E-state index in [4.69, 9.17) is 10.5 Å². The summed E-state index contributed by atoms with van der Waals surface area (Å²) in [4.78, 5) is 40.8. The van der Waals surface area contributed by atoms with Crippen molar-refractivity contribution in [1.82, 2.24) is 9.21 Å². The summed E-state index contributed by atoms with van der Waals surface area (Å²) >= 11 is 0. The number of carbonyl (C=O) groups is 3. The molecule has 5 N–H and O–H groups in total. The minimum absolute atomic E-state index is 0.0277. The van der Waals surface area contributed by atoms with E-state index in [0.29, 0.717) is 30.6 Å². The van der Waals surface area contributed by atoms with E-state index in [1.165, 1.54) is 23.5 Å². The molecular formula is C35H45N5O7S. The summed E-state index contributed by atoms with van der Waals surface area (Å²) < 4.78 is 34.4. The van der Waals surface area contributed by atoms with Crippen LogP contribution in [0.15, 0.2) is 77.7 Å². The SMILES string of the molecule is C[C@@H]1CN([C@@H](C)CO)C(=O)c2cccc(NC(=O)CCCCCC(=O)Nc3ccccc3N)c2O[C@@H]1CN(C)S(=O)(=O)c1ccccc1. The Bertz CT molecular complexity index is 1690. The molecule has 3 amide bonds. The van der Waals surface area contributed by atoms with Crippen LogP contribution in [0.5, 0.6) is 5.75 Å². The summed E-state index contributed by atoms with van der Waals surface area (Å²) in [5.74, 6) is -1.02. The van der Waals surface area contributed by atoms with Crippen molar-refractivity contribution in [2.24, 2.45) is 5.92 Å². The van der Waals surface area contributed by atoms with Crippen molar-refractivity contribution in [2.75, 3.05) is 43.1 Å². The number of unbranched alkanes of at least 4 members (excludes halogenated alkanes) is 2. The molecule has 0 spiro atoms. The number of para-hydroxylation sites is 3. The number of aliphatic hydroxyl groups is 1. The van der Waals surface area contributed by atoms with Crippen LogP contribution >= 0.6 is 0 Å². The van der Waals surface area contributed by atoms with Gasteiger partial charge in [0.15, 0.2) is 5.75 Å². The van der Waals surface area contributed by atoms with E-state index in [2.05, 4.69) is 10.6 Å². The summed E-state index contributed by atoms with van der Waals surface area (Å²) in [6.07, 6.45) is 1.52. The van der Waals surface area contributed by atoms with Crippen LogP contribution in [-0.2, 0) is 19.6 Å². The number of rotatable bonds is 14. The number of nitrogens with two attached hydrogens (primary N) is 1. The van der Waals surface area contributed by atoms with Crippen LogP contribution in [0.4, 0.5) is 17.1 Å². The lowest BCUT2D eigenvalue weighted by molar-refractivity contribution is -0.116. The number of nitrogens with one attached hydrogen (secondary N) is 2. The van der Waals surface area contributed by atoms with Gasteiger partial charge in [-0.05, 0) is 56.2 Å². The number of amides is 3. The first-order chi connectivity index (χ1) is 22.9. The fourth-order valence-electron chi connectivity index (χ4n) is 5.47. The van der Waals surface area contributed by atoms with Gasteiger partial charge in [-0.2, -0.15) is 4.31 Å². The highest BCUT2D eigenvalue weighted by molar-refractivity contribution is 7.89. The third-order valence-corrected chi connectivity index (χ3v) is 10.2. The normalized spacial score (nSPS) is 17.1. The number of benzene rings is 3. The van der Waals surface area contributed by atoms with Gasteiger partial charge in [0.2, 0.25) is 21.8 Å². The maximum atomic E-state index is 13.8. The lowest BCUT2D eigenvalue weighted by atomic mass is 9.99. The number of anilines is 3. The van der Waals surface area contributed by atoms with E-state index in [1.54, 1.807) is 72.5 Å². The number of aliphatic hydroxyl groups excluding tert-OH is 1. The smallest absolute Gasteiger partial charge is 0.258 e. The van der Waals surface area contributed by atoms with Crippen molar-refractivity contribution in [3.8, 4) is 5.75 Å². The largest absolute Gasteiger partial charge is 0.486 e. The highest BCUT2D eigenvalue weighted by Crippen LogP contribution is 2.35. The Labute approximate surface area is 282 Å². The lowest BCUT2D eigenvalue weighted by Gasteiger charge is -2.38. The van der Waals surface area contributed by atoms with Crippen LogP contribution in [0.3, 0.4) is 0 Å². The van der Waals surface area contributed by atoms with Gasteiger partial charge in [0.1, 0.15) is 6.10 Å². The molecule has 3 aromatic carbocycles. The van der Waals surface area contributed by atoms with Crippen LogP contribution in [0.2, 0.25) is 0 Å². The van der Waals surface area contributed by atoms with Gasteiger partial charge < -0.3 is 31.1 Å². The van der Waals surface area contributed by atoms with Gasteiger partial charge in [0, 0.05) is 32.4 Å². The van der Waals surface area contributed by atoms with Crippen molar-refractivity contribution in [3.05, 3.63) is 78.4 Å². The Morgan fingerprint density at radius 3 is 2.21 bits per heavy atom. The van der Waals surface area contributed by atoms with Gasteiger partial charge in [-0.25, -0.2) is 8.42 Å². The van der Waals surface area contributed by atoms with Crippen molar-refractivity contribution < 1.29 is 32.6 Å². The molecule has 13 heteroatoms. The average molecular weight is 680 g/mol. The molecule has 4 rings (SSSR count). The summed E-state index contributed by atoms with van der Waals surface area (Å²) in [6, 6.07) is 19.5. The zero-order chi connectivity index (χ0) is 34.8. The van der Waals surface area contributed by atoms with Crippen LogP contribution in [0.25, 0.3) is 0 Å². The van der Waals surface area contributed by atoms with Gasteiger partial charge >= 0.3 is 0 Å². The van der Waals surface area contributed by atoms with Crippen LogP contribution in [0, 0.1) is 5.92 Å². The number of likely N-dealkylation sites (N-methyl/N-ethyl adjacent to an activating group) is 1. The molecular weight excluding hydrogens is 634 g/mol. The number of nitrogen functional groups attached to an aromatic ring is 1. The monoisotopic (exact) mass is 679 g/mol. The van der Waals surface area contributed by atoms with Crippen LogP contribution in [-0.4, -0.2) is 79.3 Å². The van der Waals surface area contributed by atoms with E-state index >= 15 is 0 Å². The van der Waals surface area contributed by atoms with Crippen molar-refractivity contribution in [1.29, 1.82) is 0 Å². The highest BCUT2D eigenvalue weighted by atomic mass is 32.2. The zero-order valence-corrected chi connectivity index (χ0v) is 28.4. The average Bonchev–Trinajstić information content (AvgIpc) is 3.07. The molecule has 0 fully saturated rings. The number of sulfonamides is 1. The molecule has 3 aromatic rings. The Morgan fingerprint density at radius 1 is 0.958 bits per heavy atom. The number of carbonyl (C=O) groups excluding carboxylic acids is 3. The maximum Gasteiger partial charge on any atom is 0.258 e. The zero-order valence-electron chi connectivity index (χ0n) is 27.6. The fraction of sp³-hybridized carbons (Fsp3) is 0.400. The molecule has 3 atom stereocenters. The molecule has 0 aliphatic carbocycles. The van der Waals surface area contributed by atoms with Gasteiger partial charge in [0.05, 0.1) is 46.7 Å². The minimum Gasteiger partial charge on any atom is -0.486 e. The molecule has 0 saturated carbocycles. The van der Waals surface area contributed by atoms with E-state index < -0.39 is 22.2 Å². The molecule has 1 aliphatic rings. The van der Waals surface area contributed by atoms with Crippen molar-refractivity contribution in [2.45, 2.75) is 63.0 Å². The van der Waals surface area contributed by atoms with Gasteiger partial charge in [-0.15, -0.1) is 0 Å². The number of fused-ring (bicyclic) bond motifs is 1. The summed E-state index contributed by atoms with van der Waals surface area (Å²) in [6.45, 7) is 3.52. The maximum absolute atomic E-state index is 13.8. The molecule has 1 heterocycles. The third-order valence-electron chi connectivity index (χ3n) is 8.40. The number of hydrogen-bond acceptors (Lipinski definition) is 8. The van der Waals surface area contributed by atoms with E-state index in [9.17, 15) is 27.9 Å². The second-order valence-corrected chi connectivity index (χ2v) is 14.2. The summed E-state index contributed by atoms with van der Waals surface area (Å²) in [5, 5.41) is 15.6. The molecule has 12 nitrogen and oxygen atoms in total. The Kier molecular flexibility index (Phi) is 12.6. The van der Waals surface area contributed by atoms with Gasteiger partial charge in [-0.3, -0.25) is 14.4 Å². The first-order valence-electron chi connectivity index (χ1n) is 16.1. The standard InChI is InChI=1S/C35H45N5O7S/c1-24-21-40(25(2)23-41)35(44)27-15-12-18-30(34(27)47-31(24)22-39(3)48(45,46)26-13-6-4-7-14-26)38-33(43)20-9-5-8-19-32(42)37-29-17-11-10-16-28(29)36/h4,6-7,10-18,24-25,31,41H,5,8-9,19-23,36H2,1-3H3,(H,37,42)(H,38,43)/t24-,25+,31-/m1/s1. The molecule has 258 valence electrons. The predicted octanol–water partition coefficient (Wildman–Crippen LogP) is 4.34. The quantitative estimate of drug-likeness (QED) is 0.144. The topological polar surface area (TPSA) is 171 Å². The summed E-state index contributed by atoms with van der Waals surface area (Å²) in [7, 11) is -2.36. The second kappa shape index (κ2) is 16.6. The number of nitrogens with zero attached hydrogens (tertiary/aromatic N) is 2. The Morgan fingerprint density at radius 2 is 1.56 bits per heavy atom. The highest BCUT2D eigenvalue weighted by Gasteiger charge is 2.36. The lowest BCUT2D eigenvalue weighted by Crippen LogP contribution is -2.50. The molecule has 1 aliphatic heterocycles. The molecule has 0 unspecified atom stereocenters. The van der Waals surface area contributed by atoms with Crippen LogP contribution in [0.1, 0.15) is 56.3 Å². The summed E-state index contributed by atoms with van der Waals surface area (Å²) in [5.41, 5.74) is 7.42. The Hall–Kier alpha value is -4.46. The third kappa shape index (κ3) is 9.12. The van der Waals surface area contributed by atoms with E-state index in [-0.39, 0.29) is 78.1 Å². The van der Waals surface area contributed by atoms with Gasteiger partial charge in [0.25, 0.3) is 5.91 Å². The fourth-order valence-corrected chi connectivity index (χ4v) is 6.67. The first kappa shape index (κ1) is 36.4. The molecule has 0 aromatic heterocycles. The number of ether oxygens (including phenoxy) is 1. The van der Waals surface area contributed by atoms with E-state index in [1.807, 2.05) is 6.92 Å². The van der Waals surface area contributed by atoms with Gasteiger partial charge in [-0.1, -0.05) is 49.7 Å². The molecule has 0 bridgehead atoms. The predicted molar refractivity (Wildman–Crippen MR) is 185 cm³/mol. The van der Waals surface area contributed by atoms with E-state index in [0.717, 1.165) is 0 Å². The van der Waals surface area contributed by atoms with Crippen molar-refractivity contribution >= 4 is 44.8 Å². The number of hydrogen-bond donors (Lipinski definition) is 4. The second-order valence-electron chi connectivity index (χ2n) is 12.1. The minimum atomic E-state index is -3.84. The van der Waals surface area contributed by atoms with Crippen LogP contribution < -0.4 is 21.1 Å². The first-order valence-corrected chi connectivity index (χ1v) is 17.5. The molecule has 48 heavy (non-hydrogen) atoms. The molecule has 0 saturated heterocycles. The Balaban J connectivity index is 1.46. The molecule has 0 radical (unpaired) electrons.